The molecular formula is C10H16N10. The van der Waals surface area contributed by atoms with Crippen molar-refractivity contribution in [2.45, 2.75) is 25.9 Å². The fourth-order valence-corrected chi connectivity index (χ4v) is 2.27. The number of hydrazine groups is 1. The number of hydrogen-bond donors (Lipinski definition) is 0. The summed E-state index contributed by atoms with van der Waals surface area (Å²) in [6.45, 7) is 4.13. The van der Waals surface area contributed by atoms with Crippen LogP contribution < -0.4 is 10.0 Å². The number of anilines is 2. The summed E-state index contributed by atoms with van der Waals surface area (Å²) in [5.74, 6) is 1.27. The van der Waals surface area contributed by atoms with Crippen molar-refractivity contribution in [2.75, 3.05) is 10.0 Å². The van der Waals surface area contributed by atoms with Crippen LogP contribution in [-0.2, 0) is 14.1 Å². The van der Waals surface area contributed by atoms with Crippen LogP contribution in [0.15, 0.2) is 12.2 Å². The number of hydrogen-bond acceptors (Lipinski definition) is 8. The lowest BCUT2D eigenvalue weighted by molar-refractivity contribution is 0.549. The topological polar surface area (TPSA) is 93.7 Å². The molecule has 106 valence electrons. The van der Waals surface area contributed by atoms with E-state index in [2.05, 4.69) is 57.1 Å². The Morgan fingerprint density at radius 3 is 1.50 bits per heavy atom. The van der Waals surface area contributed by atoms with Gasteiger partial charge in [0.05, 0.1) is 12.1 Å². The number of nitrogens with zero attached hydrogens (tertiary/aromatic N) is 10. The molecule has 10 nitrogen and oxygen atoms in total. The summed E-state index contributed by atoms with van der Waals surface area (Å²) in [5.41, 5.74) is 0. The van der Waals surface area contributed by atoms with Crippen LogP contribution in [0, 0.1) is 0 Å². The average Bonchev–Trinajstić information content (AvgIpc) is 3.01. The van der Waals surface area contributed by atoms with Gasteiger partial charge in [-0.2, -0.15) is 0 Å². The van der Waals surface area contributed by atoms with Gasteiger partial charge in [0.2, 0.25) is 0 Å². The molecule has 3 rings (SSSR count). The van der Waals surface area contributed by atoms with E-state index in [1.165, 1.54) is 0 Å². The molecule has 1 aliphatic rings. The van der Waals surface area contributed by atoms with Gasteiger partial charge in [0.15, 0.2) is 0 Å². The Morgan fingerprint density at radius 1 is 0.800 bits per heavy atom. The summed E-state index contributed by atoms with van der Waals surface area (Å²) in [5, 5.41) is 27.3. The fourth-order valence-electron chi connectivity index (χ4n) is 2.27. The summed E-state index contributed by atoms with van der Waals surface area (Å²) in [4.78, 5) is 0. The van der Waals surface area contributed by atoms with Gasteiger partial charge in [-0.25, -0.2) is 19.4 Å². The zero-order chi connectivity index (χ0) is 14.3. The summed E-state index contributed by atoms with van der Waals surface area (Å²) < 4.78 is 3.25. The molecule has 10 heteroatoms. The standard InChI is InChI=1S/C10H16N10/c1-7-5-6-8(2)20(10-12-14-16-18(10)4)19(7)9-11-13-15-17(9)3/h5-8H,1-4H3/t7-,8-/m1/s1. The molecule has 0 N–H and O–H groups in total. The van der Waals surface area contributed by atoms with E-state index >= 15 is 0 Å². The van der Waals surface area contributed by atoms with Crippen molar-refractivity contribution >= 4 is 11.9 Å². The molecule has 1 aliphatic heterocycles. The summed E-state index contributed by atoms with van der Waals surface area (Å²) in [6, 6.07) is 0.181. The van der Waals surface area contributed by atoms with Gasteiger partial charge in [-0.15, -0.1) is 0 Å². The maximum absolute atomic E-state index is 4.09. The molecule has 0 saturated heterocycles. The molecule has 0 unspecified atom stereocenters. The van der Waals surface area contributed by atoms with Crippen molar-refractivity contribution in [3.63, 3.8) is 0 Å². The van der Waals surface area contributed by atoms with Crippen LogP contribution >= 0.6 is 0 Å². The largest absolute Gasteiger partial charge is 0.264 e. The Bertz CT molecular complexity index is 573. The molecule has 0 fully saturated rings. The predicted molar refractivity (Wildman–Crippen MR) is 70.6 cm³/mol. The molecule has 2 aromatic heterocycles. The van der Waals surface area contributed by atoms with Crippen molar-refractivity contribution in [3.05, 3.63) is 12.2 Å². The Balaban J connectivity index is 2.10. The van der Waals surface area contributed by atoms with Crippen LogP contribution in [0.4, 0.5) is 11.9 Å². The van der Waals surface area contributed by atoms with Gasteiger partial charge in [0, 0.05) is 14.1 Å². The van der Waals surface area contributed by atoms with E-state index in [0.29, 0.717) is 11.9 Å². The highest BCUT2D eigenvalue weighted by Gasteiger charge is 2.33. The van der Waals surface area contributed by atoms with Crippen LogP contribution in [0.2, 0.25) is 0 Å². The zero-order valence-corrected chi connectivity index (χ0v) is 11.8. The number of aromatic nitrogens is 8. The Morgan fingerprint density at radius 2 is 1.20 bits per heavy atom. The molecule has 0 aromatic carbocycles. The maximum atomic E-state index is 4.09. The van der Waals surface area contributed by atoms with E-state index in [1.54, 1.807) is 23.5 Å². The van der Waals surface area contributed by atoms with E-state index < -0.39 is 0 Å². The molecular weight excluding hydrogens is 260 g/mol. The fraction of sp³-hybridized carbons (Fsp3) is 0.600. The van der Waals surface area contributed by atoms with Gasteiger partial charge >= 0.3 is 0 Å². The highest BCUT2D eigenvalue weighted by molar-refractivity contribution is 5.49. The highest BCUT2D eigenvalue weighted by atomic mass is 15.8. The number of rotatable bonds is 2. The van der Waals surface area contributed by atoms with Crippen LogP contribution in [0.25, 0.3) is 0 Å². The molecule has 0 amide bonds. The molecule has 2 atom stereocenters. The Hall–Kier alpha value is -2.52. The van der Waals surface area contributed by atoms with Gasteiger partial charge in [0.25, 0.3) is 11.9 Å². The van der Waals surface area contributed by atoms with Crippen LogP contribution in [0.3, 0.4) is 0 Å². The summed E-state index contributed by atoms with van der Waals surface area (Å²) >= 11 is 0. The lowest BCUT2D eigenvalue weighted by Crippen LogP contribution is -2.56. The van der Waals surface area contributed by atoms with E-state index in [1.807, 2.05) is 10.0 Å². The smallest absolute Gasteiger partial charge is 0.241 e. The van der Waals surface area contributed by atoms with Crippen LogP contribution in [0.5, 0.6) is 0 Å². The first kappa shape index (κ1) is 12.5. The zero-order valence-electron chi connectivity index (χ0n) is 11.8. The van der Waals surface area contributed by atoms with Crippen molar-refractivity contribution < 1.29 is 0 Å². The van der Waals surface area contributed by atoms with Gasteiger partial charge in [-0.05, 0) is 34.7 Å². The molecule has 0 bridgehead atoms. The summed E-state index contributed by atoms with van der Waals surface area (Å²) in [7, 11) is 3.61. The first-order valence-corrected chi connectivity index (χ1v) is 6.31. The van der Waals surface area contributed by atoms with Crippen molar-refractivity contribution in [1.29, 1.82) is 0 Å². The quantitative estimate of drug-likeness (QED) is 0.665. The van der Waals surface area contributed by atoms with Crippen molar-refractivity contribution in [2.24, 2.45) is 14.1 Å². The van der Waals surface area contributed by atoms with Crippen molar-refractivity contribution in [1.82, 2.24) is 40.4 Å². The molecule has 2 aromatic rings. The normalized spacial score (nSPS) is 22.6. The first-order valence-electron chi connectivity index (χ1n) is 6.31. The third-order valence-corrected chi connectivity index (χ3v) is 3.28. The van der Waals surface area contributed by atoms with E-state index in [4.69, 9.17) is 0 Å². The van der Waals surface area contributed by atoms with E-state index in [0.717, 1.165) is 0 Å². The van der Waals surface area contributed by atoms with Gasteiger partial charge in [-0.1, -0.05) is 22.3 Å². The number of aryl methyl sites for hydroxylation is 2. The lowest BCUT2D eigenvalue weighted by Gasteiger charge is -2.43. The second kappa shape index (κ2) is 4.54. The van der Waals surface area contributed by atoms with Gasteiger partial charge < -0.3 is 0 Å². The molecule has 0 spiro atoms. The molecule has 0 aliphatic carbocycles. The Labute approximate surface area is 115 Å². The SMILES string of the molecule is C[C@@H]1C=C[C@@H](C)N(c2nnnn2C)N1c1nnnn1C. The third kappa shape index (κ3) is 1.80. The van der Waals surface area contributed by atoms with Crippen LogP contribution in [-0.4, -0.2) is 52.5 Å². The lowest BCUT2D eigenvalue weighted by atomic mass is 10.2. The molecule has 20 heavy (non-hydrogen) atoms. The van der Waals surface area contributed by atoms with Crippen LogP contribution in [0.1, 0.15) is 13.8 Å². The number of tetrazole rings is 2. The minimum atomic E-state index is 0.0904. The average molecular weight is 276 g/mol. The van der Waals surface area contributed by atoms with Gasteiger partial charge in [-0.3, -0.25) is 0 Å². The van der Waals surface area contributed by atoms with E-state index in [9.17, 15) is 0 Å². The minimum Gasteiger partial charge on any atom is -0.241 e. The molecule has 0 radical (unpaired) electrons. The molecule has 3 heterocycles. The van der Waals surface area contributed by atoms with Gasteiger partial charge in [0.1, 0.15) is 0 Å². The predicted octanol–water partition coefficient (Wildman–Crippen LogP) is -0.692. The van der Waals surface area contributed by atoms with E-state index in [-0.39, 0.29) is 12.1 Å². The summed E-state index contributed by atoms with van der Waals surface area (Å²) in [6.07, 6.45) is 4.22. The second-order valence-corrected chi connectivity index (χ2v) is 4.76. The maximum Gasteiger partial charge on any atom is 0.264 e. The highest BCUT2D eigenvalue weighted by Crippen LogP contribution is 2.26. The monoisotopic (exact) mass is 276 g/mol. The second-order valence-electron chi connectivity index (χ2n) is 4.76. The first-order chi connectivity index (χ1) is 9.59. The third-order valence-electron chi connectivity index (χ3n) is 3.28. The van der Waals surface area contributed by atoms with Crippen molar-refractivity contribution in [3.8, 4) is 0 Å². The molecule has 0 saturated carbocycles. The Kier molecular flexibility index (Phi) is 2.84. The minimum absolute atomic E-state index is 0.0904.